The summed E-state index contributed by atoms with van der Waals surface area (Å²) in [5.74, 6) is 0.985. The smallest absolute Gasteiger partial charge is 0.410 e. The van der Waals surface area contributed by atoms with E-state index in [1.807, 2.05) is 31.9 Å². The third-order valence-corrected chi connectivity index (χ3v) is 11.5. The number of rotatable bonds is 4. The van der Waals surface area contributed by atoms with Gasteiger partial charge in [0.15, 0.2) is 8.32 Å². The first-order valence-electron chi connectivity index (χ1n) is 11.8. The molecule has 2 atom stereocenters. The number of fused-ring (bicyclic) bond motifs is 1. The number of nitrogens with zero attached hydrogens (tertiary/aromatic N) is 3. The van der Waals surface area contributed by atoms with Gasteiger partial charge in [-0.25, -0.2) is 9.78 Å². The molecule has 1 unspecified atom stereocenters. The number of piperazine rings is 1. The van der Waals surface area contributed by atoms with Crippen molar-refractivity contribution in [2.75, 3.05) is 36.4 Å². The Hall–Kier alpha value is -1.80. The molecule has 0 saturated carbocycles. The van der Waals surface area contributed by atoms with Gasteiger partial charge < -0.3 is 19.4 Å². The van der Waals surface area contributed by atoms with Gasteiger partial charge in [-0.05, 0) is 58.3 Å². The lowest BCUT2D eigenvalue weighted by Crippen LogP contribution is -2.62. The molecule has 1 aromatic rings. The normalized spacial score (nSPS) is 20.6. The van der Waals surface area contributed by atoms with E-state index in [9.17, 15) is 4.79 Å². The Morgan fingerprint density at radius 2 is 1.91 bits per heavy atom. The second-order valence-corrected chi connectivity index (χ2v) is 16.4. The lowest BCUT2D eigenvalue weighted by atomic mass is 10.1. The highest BCUT2D eigenvalue weighted by atomic mass is 28.4. The van der Waals surface area contributed by atoms with Crippen LogP contribution in [0.5, 0.6) is 0 Å². The Kier molecular flexibility index (Phi) is 6.87. The van der Waals surface area contributed by atoms with Crippen molar-refractivity contribution in [1.82, 2.24) is 9.88 Å². The van der Waals surface area contributed by atoms with Crippen LogP contribution in [-0.2, 0) is 15.6 Å². The second-order valence-electron chi connectivity index (χ2n) is 11.6. The fourth-order valence-electron chi connectivity index (χ4n) is 4.18. The van der Waals surface area contributed by atoms with Crippen LogP contribution in [0.25, 0.3) is 0 Å². The highest BCUT2D eigenvalue weighted by Gasteiger charge is 2.43. The third kappa shape index (κ3) is 5.39. The van der Waals surface area contributed by atoms with Crippen LogP contribution in [0.3, 0.4) is 0 Å². The van der Waals surface area contributed by atoms with Crippen molar-refractivity contribution < 1.29 is 14.0 Å². The van der Waals surface area contributed by atoms with E-state index >= 15 is 0 Å². The second kappa shape index (κ2) is 8.86. The molecule has 1 fully saturated rings. The van der Waals surface area contributed by atoms with E-state index < -0.39 is 13.9 Å². The van der Waals surface area contributed by atoms with Gasteiger partial charge >= 0.3 is 6.09 Å². The maximum absolute atomic E-state index is 13.1. The van der Waals surface area contributed by atoms with Gasteiger partial charge in [0.2, 0.25) is 0 Å². The molecule has 0 aromatic carbocycles. The molecule has 7 nitrogen and oxygen atoms in total. The highest BCUT2D eigenvalue weighted by Crippen LogP contribution is 2.39. The molecule has 32 heavy (non-hydrogen) atoms. The van der Waals surface area contributed by atoms with E-state index in [0.29, 0.717) is 13.1 Å². The van der Waals surface area contributed by atoms with Gasteiger partial charge in [-0.3, -0.25) is 4.90 Å². The summed E-state index contributed by atoms with van der Waals surface area (Å²) < 4.78 is 12.5. The summed E-state index contributed by atoms with van der Waals surface area (Å²) in [6.45, 7) is 22.1. The first-order valence-corrected chi connectivity index (χ1v) is 14.7. The standard InChI is InChI=1S/C24H42N4O3Si/c1-17(31-32(8,9)24(5,6)7)20-16-27(14-15-28(20)22(29)30-23(2,3)4)19-11-13-26-21-18(19)10-12-25-21/h11,13,17,20H,10,12,14-16H2,1-9H3,(H,25,26)/t17?,20-/m1/s1. The van der Waals surface area contributed by atoms with Crippen LogP contribution in [0.2, 0.25) is 18.1 Å². The number of pyridine rings is 1. The van der Waals surface area contributed by atoms with Crippen molar-refractivity contribution in [1.29, 1.82) is 0 Å². The van der Waals surface area contributed by atoms with Crippen LogP contribution in [-0.4, -0.2) is 68.2 Å². The van der Waals surface area contributed by atoms with Crippen LogP contribution in [0.4, 0.5) is 16.3 Å². The molecular weight excluding hydrogens is 420 g/mol. The molecule has 3 heterocycles. The Balaban J connectivity index is 1.87. The first kappa shape index (κ1) is 24.8. The van der Waals surface area contributed by atoms with E-state index in [-0.39, 0.29) is 23.3 Å². The molecule has 8 heteroatoms. The van der Waals surface area contributed by atoms with Crippen LogP contribution in [0, 0.1) is 0 Å². The molecule has 0 spiro atoms. The average molecular weight is 463 g/mol. The molecule has 2 aliphatic heterocycles. The maximum atomic E-state index is 13.1. The molecule has 1 amide bonds. The molecule has 0 radical (unpaired) electrons. The molecule has 3 rings (SSSR count). The van der Waals surface area contributed by atoms with Crippen molar-refractivity contribution in [3.05, 3.63) is 17.8 Å². The number of hydrogen-bond acceptors (Lipinski definition) is 6. The van der Waals surface area contributed by atoms with Crippen LogP contribution >= 0.6 is 0 Å². The van der Waals surface area contributed by atoms with Crippen molar-refractivity contribution in [3.63, 3.8) is 0 Å². The summed E-state index contributed by atoms with van der Waals surface area (Å²) in [6.07, 6.45) is 2.50. The van der Waals surface area contributed by atoms with Gasteiger partial charge in [0.1, 0.15) is 11.4 Å². The fourth-order valence-corrected chi connectivity index (χ4v) is 5.62. The van der Waals surface area contributed by atoms with Gasteiger partial charge in [0, 0.05) is 43.6 Å². The molecule has 1 saturated heterocycles. The Labute approximate surface area is 195 Å². The number of aromatic nitrogens is 1. The van der Waals surface area contributed by atoms with Crippen LogP contribution < -0.4 is 10.2 Å². The zero-order chi connectivity index (χ0) is 23.9. The minimum atomic E-state index is -2.00. The highest BCUT2D eigenvalue weighted by molar-refractivity contribution is 6.74. The molecule has 1 aromatic heterocycles. The van der Waals surface area contributed by atoms with Crippen molar-refractivity contribution in [3.8, 4) is 0 Å². The summed E-state index contributed by atoms with van der Waals surface area (Å²) >= 11 is 0. The number of hydrogen-bond donors (Lipinski definition) is 1. The minimum Gasteiger partial charge on any atom is -0.444 e. The van der Waals surface area contributed by atoms with Gasteiger partial charge in [0.05, 0.1) is 12.1 Å². The SMILES string of the molecule is CC(O[Si](C)(C)C(C)(C)C)[C@H]1CN(c2ccnc3c2CCN3)CCN1C(=O)OC(C)(C)C. The Morgan fingerprint density at radius 1 is 1.22 bits per heavy atom. The van der Waals surface area contributed by atoms with Gasteiger partial charge in [-0.2, -0.15) is 0 Å². The average Bonchev–Trinajstić information content (AvgIpc) is 3.13. The van der Waals surface area contributed by atoms with Crippen molar-refractivity contribution >= 4 is 25.9 Å². The molecule has 180 valence electrons. The summed E-state index contributed by atoms with van der Waals surface area (Å²) in [6, 6.07) is 2.01. The van der Waals surface area contributed by atoms with Crippen LogP contribution in [0.1, 0.15) is 54.0 Å². The zero-order valence-electron chi connectivity index (χ0n) is 21.4. The minimum absolute atomic E-state index is 0.0918. The van der Waals surface area contributed by atoms with Gasteiger partial charge in [-0.15, -0.1) is 0 Å². The number of anilines is 2. The topological polar surface area (TPSA) is 66.9 Å². The lowest BCUT2D eigenvalue weighted by molar-refractivity contribution is -0.00350. The van der Waals surface area contributed by atoms with E-state index in [0.717, 1.165) is 25.3 Å². The number of nitrogens with one attached hydrogen (secondary N) is 1. The van der Waals surface area contributed by atoms with E-state index in [4.69, 9.17) is 9.16 Å². The zero-order valence-corrected chi connectivity index (χ0v) is 22.4. The molecule has 1 N–H and O–H groups in total. The predicted molar refractivity (Wildman–Crippen MR) is 133 cm³/mol. The molecule has 0 bridgehead atoms. The van der Waals surface area contributed by atoms with Crippen LogP contribution in [0.15, 0.2) is 12.3 Å². The number of carbonyl (C=O) groups is 1. The summed E-state index contributed by atoms with van der Waals surface area (Å²) in [5, 5.41) is 3.47. The molecule has 0 aliphatic carbocycles. The summed E-state index contributed by atoms with van der Waals surface area (Å²) in [4.78, 5) is 21.9. The Bertz CT molecular complexity index is 832. The van der Waals surface area contributed by atoms with Crippen molar-refractivity contribution in [2.24, 2.45) is 0 Å². The third-order valence-electron chi connectivity index (χ3n) is 6.91. The van der Waals surface area contributed by atoms with Gasteiger partial charge in [-0.1, -0.05) is 20.8 Å². The number of carbonyl (C=O) groups excluding carboxylic acids is 1. The molecule has 2 aliphatic rings. The number of ether oxygens (including phenoxy) is 1. The van der Waals surface area contributed by atoms with E-state index in [1.54, 1.807) is 0 Å². The predicted octanol–water partition coefficient (Wildman–Crippen LogP) is 4.89. The Morgan fingerprint density at radius 3 is 2.53 bits per heavy atom. The fraction of sp³-hybridized carbons (Fsp3) is 0.750. The quantitative estimate of drug-likeness (QED) is 0.643. The monoisotopic (exact) mass is 462 g/mol. The molecular formula is C24H42N4O3Si. The maximum Gasteiger partial charge on any atom is 0.410 e. The van der Waals surface area contributed by atoms with Gasteiger partial charge in [0.25, 0.3) is 0 Å². The largest absolute Gasteiger partial charge is 0.444 e. The van der Waals surface area contributed by atoms with Crippen molar-refractivity contribution in [2.45, 2.75) is 90.8 Å². The van der Waals surface area contributed by atoms with E-state index in [2.05, 4.69) is 62.1 Å². The summed E-state index contributed by atoms with van der Waals surface area (Å²) in [7, 11) is -2.00. The first-order chi connectivity index (χ1) is 14.7. The van der Waals surface area contributed by atoms with E-state index in [1.165, 1.54) is 11.3 Å². The lowest BCUT2D eigenvalue weighted by Gasteiger charge is -2.47. The number of amides is 1. The summed E-state index contributed by atoms with van der Waals surface area (Å²) in [5.41, 5.74) is 1.96.